The maximum absolute atomic E-state index is 12.6. The minimum Gasteiger partial charge on any atom is -0.310 e. The van der Waals surface area contributed by atoms with Crippen LogP contribution >= 0.6 is 0 Å². The Morgan fingerprint density at radius 2 is 1.90 bits per heavy atom. The summed E-state index contributed by atoms with van der Waals surface area (Å²) in [5.74, 6) is 0.398. The van der Waals surface area contributed by atoms with E-state index in [1.165, 1.54) is 4.31 Å². The average Bonchev–Trinajstić information content (AvgIpc) is 3.42. The standard InChI is InChI=1S/C19H24N6O3S/c1-13-17-18(21-22-19(17)24(2)23-13)20-16(26)10-7-14-5-8-15(9-6-14)29(27,28)25-11-3-4-12-25/h5-6,8-9H,3-4,7,10-12H2,1-2H3,(H2,20,21,22,26). The summed E-state index contributed by atoms with van der Waals surface area (Å²) in [5, 5.41) is 15.0. The van der Waals surface area contributed by atoms with Gasteiger partial charge in [0.2, 0.25) is 15.9 Å². The Hall–Kier alpha value is -2.72. The zero-order valence-electron chi connectivity index (χ0n) is 16.5. The van der Waals surface area contributed by atoms with Crippen molar-refractivity contribution in [3.8, 4) is 0 Å². The monoisotopic (exact) mass is 416 g/mol. The Morgan fingerprint density at radius 3 is 2.59 bits per heavy atom. The van der Waals surface area contributed by atoms with Gasteiger partial charge < -0.3 is 5.32 Å². The van der Waals surface area contributed by atoms with Crippen LogP contribution in [0.15, 0.2) is 29.2 Å². The lowest BCUT2D eigenvalue weighted by molar-refractivity contribution is -0.116. The summed E-state index contributed by atoms with van der Waals surface area (Å²) in [5.41, 5.74) is 2.39. The van der Waals surface area contributed by atoms with E-state index in [1.54, 1.807) is 36.0 Å². The Morgan fingerprint density at radius 1 is 1.21 bits per heavy atom. The molecule has 3 heterocycles. The van der Waals surface area contributed by atoms with Gasteiger partial charge in [-0.05, 0) is 43.9 Å². The van der Waals surface area contributed by atoms with Crippen LogP contribution in [0.5, 0.6) is 0 Å². The van der Waals surface area contributed by atoms with Gasteiger partial charge in [0.25, 0.3) is 0 Å². The number of hydrogen-bond donors (Lipinski definition) is 2. The van der Waals surface area contributed by atoms with Crippen LogP contribution < -0.4 is 5.32 Å². The van der Waals surface area contributed by atoms with Crippen molar-refractivity contribution in [3.05, 3.63) is 35.5 Å². The fourth-order valence-electron chi connectivity index (χ4n) is 3.69. The van der Waals surface area contributed by atoms with Gasteiger partial charge in [0, 0.05) is 26.6 Å². The smallest absolute Gasteiger partial charge is 0.243 e. The number of nitrogens with zero attached hydrogens (tertiary/aromatic N) is 4. The molecule has 2 aromatic heterocycles. The van der Waals surface area contributed by atoms with E-state index in [0.717, 1.165) is 29.5 Å². The van der Waals surface area contributed by atoms with Crippen LogP contribution in [0.25, 0.3) is 11.0 Å². The number of aromatic nitrogens is 4. The molecule has 0 radical (unpaired) electrons. The quantitative estimate of drug-likeness (QED) is 0.638. The van der Waals surface area contributed by atoms with Gasteiger partial charge >= 0.3 is 0 Å². The molecule has 10 heteroatoms. The fourth-order valence-corrected chi connectivity index (χ4v) is 5.20. The molecule has 3 aromatic rings. The van der Waals surface area contributed by atoms with Gasteiger partial charge in [0.1, 0.15) is 5.82 Å². The summed E-state index contributed by atoms with van der Waals surface area (Å²) in [6, 6.07) is 6.79. The third-order valence-corrected chi connectivity index (χ3v) is 7.16. The SMILES string of the molecule is Cc1nn(C)c2n[nH]c(NC(=O)CCc3ccc(S(=O)(=O)N4CCCC4)cc3)c12. The molecule has 1 saturated heterocycles. The first kappa shape index (κ1) is 19.6. The van der Waals surface area contributed by atoms with Gasteiger partial charge in [-0.2, -0.15) is 14.5 Å². The molecule has 1 aliphatic heterocycles. The summed E-state index contributed by atoms with van der Waals surface area (Å²) >= 11 is 0. The summed E-state index contributed by atoms with van der Waals surface area (Å²) in [6.07, 6.45) is 2.61. The van der Waals surface area contributed by atoms with E-state index in [9.17, 15) is 13.2 Å². The molecule has 0 aliphatic carbocycles. The van der Waals surface area contributed by atoms with E-state index in [-0.39, 0.29) is 12.3 Å². The highest BCUT2D eigenvalue weighted by atomic mass is 32.2. The molecule has 2 N–H and O–H groups in total. The lowest BCUT2D eigenvalue weighted by atomic mass is 10.1. The molecule has 1 aliphatic rings. The summed E-state index contributed by atoms with van der Waals surface area (Å²) in [4.78, 5) is 12.7. The van der Waals surface area contributed by atoms with Crippen LogP contribution in [0.4, 0.5) is 5.82 Å². The highest BCUT2D eigenvalue weighted by Gasteiger charge is 2.26. The van der Waals surface area contributed by atoms with E-state index < -0.39 is 10.0 Å². The molecule has 1 fully saturated rings. The Labute approximate surface area is 169 Å². The zero-order chi connectivity index (χ0) is 20.6. The van der Waals surface area contributed by atoms with Crippen LogP contribution in [-0.2, 0) is 28.3 Å². The van der Waals surface area contributed by atoms with Crippen molar-refractivity contribution in [3.63, 3.8) is 0 Å². The second-order valence-corrected chi connectivity index (χ2v) is 9.25. The van der Waals surface area contributed by atoms with Crippen LogP contribution in [0.2, 0.25) is 0 Å². The molecule has 0 spiro atoms. The van der Waals surface area contributed by atoms with Crippen molar-refractivity contribution in [1.82, 2.24) is 24.3 Å². The average molecular weight is 417 g/mol. The Balaban J connectivity index is 1.38. The number of anilines is 1. The molecule has 9 nitrogen and oxygen atoms in total. The van der Waals surface area contributed by atoms with E-state index in [0.29, 0.717) is 35.9 Å². The first-order valence-corrected chi connectivity index (χ1v) is 11.1. The third-order valence-electron chi connectivity index (χ3n) is 5.25. The number of carbonyl (C=O) groups is 1. The van der Waals surface area contributed by atoms with Crippen LogP contribution in [0.3, 0.4) is 0 Å². The molecule has 0 atom stereocenters. The molecule has 4 rings (SSSR count). The number of carbonyl (C=O) groups excluding carboxylic acids is 1. The number of aromatic amines is 1. The molecular weight excluding hydrogens is 392 g/mol. The van der Waals surface area contributed by atoms with Crippen molar-refractivity contribution in [2.24, 2.45) is 7.05 Å². The number of aryl methyl sites for hydroxylation is 3. The maximum Gasteiger partial charge on any atom is 0.243 e. The first-order valence-electron chi connectivity index (χ1n) is 9.63. The fraction of sp³-hybridized carbons (Fsp3) is 0.421. The predicted molar refractivity (Wildman–Crippen MR) is 109 cm³/mol. The minimum atomic E-state index is -3.41. The van der Waals surface area contributed by atoms with Crippen LogP contribution in [0.1, 0.15) is 30.5 Å². The Bertz CT molecular complexity index is 1140. The normalized spacial score (nSPS) is 15.2. The molecule has 0 saturated carbocycles. The van der Waals surface area contributed by atoms with E-state index in [2.05, 4.69) is 20.6 Å². The molecule has 29 heavy (non-hydrogen) atoms. The molecule has 1 aromatic carbocycles. The van der Waals surface area contributed by atoms with E-state index in [1.807, 2.05) is 6.92 Å². The number of nitrogens with one attached hydrogen (secondary N) is 2. The molecule has 154 valence electrons. The van der Waals surface area contributed by atoms with Gasteiger partial charge in [0.05, 0.1) is 16.0 Å². The maximum atomic E-state index is 12.6. The van der Waals surface area contributed by atoms with E-state index in [4.69, 9.17) is 0 Å². The second-order valence-electron chi connectivity index (χ2n) is 7.31. The third kappa shape index (κ3) is 3.77. The van der Waals surface area contributed by atoms with Gasteiger partial charge in [-0.3, -0.25) is 9.89 Å². The molecule has 0 bridgehead atoms. The minimum absolute atomic E-state index is 0.146. The van der Waals surface area contributed by atoms with Crippen LogP contribution in [0, 0.1) is 6.92 Å². The van der Waals surface area contributed by atoms with E-state index >= 15 is 0 Å². The number of fused-ring (bicyclic) bond motifs is 1. The number of sulfonamides is 1. The Kier molecular flexibility index (Phi) is 5.13. The van der Waals surface area contributed by atoms with Gasteiger partial charge in [-0.15, -0.1) is 0 Å². The number of benzene rings is 1. The van der Waals surface area contributed by atoms with Crippen molar-refractivity contribution in [1.29, 1.82) is 0 Å². The summed E-state index contributed by atoms with van der Waals surface area (Å²) < 4.78 is 28.3. The second kappa shape index (κ2) is 7.60. The number of amides is 1. The molecule has 1 amide bonds. The van der Waals surface area contributed by atoms with Gasteiger partial charge in [0.15, 0.2) is 5.65 Å². The lowest BCUT2D eigenvalue weighted by Gasteiger charge is -2.15. The summed E-state index contributed by atoms with van der Waals surface area (Å²) in [6.45, 7) is 3.04. The van der Waals surface area contributed by atoms with Gasteiger partial charge in [-0.25, -0.2) is 13.1 Å². The van der Waals surface area contributed by atoms with Gasteiger partial charge in [-0.1, -0.05) is 12.1 Å². The topological polar surface area (TPSA) is 113 Å². The molecular formula is C19H24N6O3S. The highest BCUT2D eigenvalue weighted by Crippen LogP contribution is 2.24. The number of H-pyrrole nitrogens is 1. The van der Waals surface area contributed by atoms with Crippen molar-refractivity contribution < 1.29 is 13.2 Å². The predicted octanol–water partition coefficient (Wildman–Crippen LogP) is 1.96. The van der Waals surface area contributed by atoms with Crippen molar-refractivity contribution in [2.75, 3.05) is 18.4 Å². The zero-order valence-corrected chi connectivity index (χ0v) is 17.3. The lowest BCUT2D eigenvalue weighted by Crippen LogP contribution is -2.27. The van der Waals surface area contributed by atoms with Crippen molar-refractivity contribution >= 4 is 32.8 Å². The number of rotatable bonds is 6. The highest BCUT2D eigenvalue weighted by molar-refractivity contribution is 7.89. The summed E-state index contributed by atoms with van der Waals surface area (Å²) in [7, 11) is -1.61. The molecule has 0 unspecified atom stereocenters. The van der Waals surface area contributed by atoms with Crippen LogP contribution in [-0.4, -0.2) is 51.7 Å². The van der Waals surface area contributed by atoms with Crippen molar-refractivity contribution in [2.45, 2.75) is 37.5 Å². The largest absolute Gasteiger partial charge is 0.310 e. The number of hydrogen-bond acceptors (Lipinski definition) is 5. The first-order chi connectivity index (χ1) is 13.9.